The van der Waals surface area contributed by atoms with Crippen molar-refractivity contribution < 1.29 is 60.1 Å². The van der Waals surface area contributed by atoms with Gasteiger partial charge in [-0.2, -0.15) is 8.42 Å². The molecule has 0 spiro atoms. The van der Waals surface area contributed by atoms with Crippen molar-refractivity contribution in [3.8, 4) is 0 Å². The van der Waals surface area contributed by atoms with Gasteiger partial charge in [0.2, 0.25) is 5.71 Å². The zero-order chi connectivity index (χ0) is 30.8. The molecule has 3 aromatic rings. The van der Waals surface area contributed by atoms with Crippen molar-refractivity contribution in [3.05, 3.63) is 118 Å². The van der Waals surface area contributed by atoms with Crippen LogP contribution in [-0.4, -0.2) is 71.5 Å². The fraction of sp³-hybridized carbons (Fsp3) is 0.194. The Hall–Kier alpha value is -3.03. The van der Waals surface area contributed by atoms with Crippen LogP contribution in [0.15, 0.2) is 106 Å². The molecule has 0 aromatic heterocycles. The van der Waals surface area contributed by atoms with Crippen LogP contribution in [0.1, 0.15) is 16.7 Å². The van der Waals surface area contributed by atoms with Crippen LogP contribution in [0.4, 0.5) is 11.4 Å². The summed E-state index contributed by atoms with van der Waals surface area (Å²) in [6.07, 6.45) is 4.87. The number of anilines is 2. The van der Waals surface area contributed by atoms with E-state index in [-0.39, 0.29) is 39.4 Å². The molecule has 0 unspecified atom stereocenters. The zero-order valence-electron chi connectivity index (χ0n) is 25.0. The maximum absolute atomic E-state index is 12.2. The Labute approximate surface area is 276 Å². The first-order valence-electron chi connectivity index (χ1n) is 13.0. The first kappa shape index (κ1) is 34.5. The first-order valence-corrected chi connectivity index (χ1v) is 15.8. The van der Waals surface area contributed by atoms with Gasteiger partial charge in [0.1, 0.15) is 29.1 Å². The van der Waals surface area contributed by atoms with Gasteiger partial charge in [-0.15, -0.1) is 0 Å². The topological polar surface area (TPSA) is 121 Å². The van der Waals surface area contributed by atoms with Gasteiger partial charge in [-0.05, 0) is 76.4 Å². The van der Waals surface area contributed by atoms with Crippen LogP contribution in [-0.2, 0) is 26.8 Å². The van der Waals surface area contributed by atoms with E-state index in [0.29, 0.717) is 23.4 Å². The van der Waals surface area contributed by atoms with Crippen molar-refractivity contribution in [2.45, 2.75) is 11.4 Å². The zero-order valence-corrected chi connectivity index (χ0v) is 28.6. The second kappa shape index (κ2) is 13.7. The van der Waals surface area contributed by atoms with Gasteiger partial charge in [-0.3, -0.25) is 4.55 Å². The van der Waals surface area contributed by atoms with Gasteiger partial charge < -0.3 is 14.4 Å². The number of hydrogen-bond donors (Lipinski definition) is 1. The largest absolute Gasteiger partial charge is 1.00 e. The number of hydrogen-bond acceptors (Lipinski definition) is 7. The quantitative estimate of drug-likeness (QED) is 0.224. The molecular formula is C31H33N3NaO6S2+. The van der Waals surface area contributed by atoms with E-state index < -0.39 is 20.2 Å². The molecule has 0 radical (unpaired) electrons. The molecule has 0 fully saturated rings. The molecule has 0 amide bonds. The fourth-order valence-corrected chi connectivity index (χ4v) is 6.05. The van der Waals surface area contributed by atoms with Gasteiger partial charge in [0.05, 0.1) is 4.90 Å². The Morgan fingerprint density at radius 1 is 0.837 bits per heavy atom. The third-order valence-corrected chi connectivity index (χ3v) is 8.60. The number of rotatable bonds is 8. The third-order valence-electron chi connectivity index (χ3n) is 6.88. The summed E-state index contributed by atoms with van der Waals surface area (Å²) in [5.74, 6) is 0. The maximum atomic E-state index is 12.2. The summed E-state index contributed by atoms with van der Waals surface area (Å²) in [6, 6.07) is 21.6. The molecular weight excluding hydrogens is 597 g/mol. The van der Waals surface area contributed by atoms with Gasteiger partial charge in [0.25, 0.3) is 10.1 Å². The minimum atomic E-state index is -4.75. The van der Waals surface area contributed by atoms with Crippen LogP contribution < -0.4 is 39.4 Å². The minimum Gasteiger partial charge on any atom is -0.744 e. The standard InChI is InChI=1S/C31H33N3O6S2.Na/c1-32(2)26-14-9-23(10-15-26)31(25-13-18-29(33(3)4)30(20-25)42(38,39)40)24-11-16-27(17-12-24)34(5)21-22-7-6-8-28(19-22)41(35,36)37;/h6-20H,21H2,1-5H3,(H-,35,36,37,38,39,40);/q;+1. The van der Waals surface area contributed by atoms with E-state index in [4.69, 9.17) is 0 Å². The maximum Gasteiger partial charge on any atom is 1.00 e. The molecule has 9 nitrogen and oxygen atoms in total. The average molecular weight is 631 g/mol. The van der Waals surface area contributed by atoms with Crippen LogP contribution in [0.3, 0.4) is 0 Å². The average Bonchev–Trinajstić information content (AvgIpc) is 2.93. The van der Waals surface area contributed by atoms with Crippen molar-refractivity contribution >= 4 is 42.9 Å². The Morgan fingerprint density at radius 2 is 1.40 bits per heavy atom. The Kier molecular flexibility index (Phi) is 11.0. The molecule has 0 aliphatic heterocycles. The summed E-state index contributed by atoms with van der Waals surface area (Å²) < 4.78 is 70.7. The monoisotopic (exact) mass is 630 g/mol. The van der Waals surface area contributed by atoms with Crippen LogP contribution in [0.2, 0.25) is 0 Å². The predicted molar refractivity (Wildman–Crippen MR) is 166 cm³/mol. The number of allylic oxidation sites excluding steroid dienone is 5. The number of benzene rings is 3. The summed E-state index contributed by atoms with van der Waals surface area (Å²) in [7, 11) is 0.0659. The molecule has 4 rings (SSSR count). The molecule has 43 heavy (non-hydrogen) atoms. The molecule has 1 aliphatic rings. The van der Waals surface area contributed by atoms with Crippen LogP contribution in [0.25, 0.3) is 5.57 Å². The third kappa shape index (κ3) is 8.33. The van der Waals surface area contributed by atoms with Gasteiger partial charge in [-0.1, -0.05) is 36.4 Å². The Balaban J connectivity index is 0.00000506. The van der Waals surface area contributed by atoms with Crippen molar-refractivity contribution in [1.29, 1.82) is 0 Å². The van der Waals surface area contributed by atoms with E-state index in [1.165, 1.54) is 18.2 Å². The van der Waals surface area contributed by atoms with Gasteiger partial charge in [0, 0.05) is 45.1 Å². The van der Waals surface area contributed by atoms with E-state index in [2.05, 4.69) is 0 Å². The predicted octanol–water partition coefficient (Wildman–Crippen LogP) is 1.15. The first-order chi connectivity index (χ1) is 19.6. The van der Waals surface area contributed by atoms with Gasteiger partial charge in [-0.25, -0.2) is 13.0 Å². The van der Waals surface area contributed by atoms with Crippen LogP contribution in [0, 0.1) is 0 Å². The summed E-state index contributed by atoms with van der Waals surface area (Å²) in [5, 5.41) is 0. The van der Waals surface area contributed by atoms with Crippen LogP contribution in [0.5, 0.6) is 0 Å². The van der Waals surface area contributed by atoms with Crippen molar-refractivity contribution in [2.24, 2.45) is 0 Å². The van der Waals surface area contributed by atoms with E-state index in [0.717, 1.165) is 28.1 Å². The van der Waals surface area contributed by atoms with Crippen LogP contribution >= 0.6 is 0 Å². The second-order valence-corrected chi connectivity index (χ2v) is 13.1. The normalized spacial score (nSPS) is 14.5. The molecule has 1 aliphatic carbocycles. The molecule has 0 bridgehead atoms. The smallest absolute Gasteiger partial charge is 0.744 e. The van der Waals surface area contributed by atoms with Crippen molar-refractivity contribution in [2.75, 3.05) is 45.0 Å². The molecule has 0 saturated heterocycles. The van der Waals surface area contributed by atoms with E-state index in [1.807, 2.05) is 79.5 Å². The molecule has 0 heterocycles. The molecule has 220 valence electrons. The Bertz CT molecular complexity index is 1840. The fourth-order valence-electron chi connectivity index (χ4n) is 4.72. The van der Waals surface area contributed by atoms with Crippen molar-refractivity contribution in [3.63, 3.8) is 0 Å². The SMILES string of the molecule is CN(C)c1ccc(C(=C2C=CC(=[N+](C)C)C(S(=O)(=O)[O-])=C2)c2ccc(N(C)Cc3cccc(S(=O)(=O)O)c3)cc2)cc1.[Na+]. The molecule has 0 atom stereocenters. The number of nitrogens with zero attached hydrogens (tertiary/aromatic N) is 3. The molecule has 1 N–H and O–H groups in total. The Morgan fingerprint density at radius 3 is 1.88 bits per heavy atom. The molecule has 12 heteroatoms. The van der Waals surface area contributed by atoms with E-state index in [1.54, 1.807) is 43.0 Å². The summed E-state index contributed by atoms with van der Waals surface area (Å²) >= 11 is 0. The van der Waals surface area contributed by atoms with Crippen molar-refractivity contribution in [1.82, 2.24) is 0 Å². The minimum absolute atomic E-state index is 0. The summed E-state index contributed by atoms with van der Waals surface area (Å²) in [5.41, 5.74) is 5.85. The summed E-state index contributed by atoms with van der Waals surface area (Å²) in [6.45, 7) is 0.391. The van der Waals surface area contributed by atoms with E-state index >= 15 is 0 Å². The molecule has 3 aromatic carbocycles. The summed E-state index contributed by atoms with van der Waals surface area (Å²) in [4.78, 5) is 3.46. The van der Waals surface area contributed by atoms with E-state index in [9.17, 15) is 25.9 Å². The second-order valence-electron chi connectivity index (χ2n) is 10.4. The van der Waals surface area contributed by atoms with Gasteiger partial charge in [0.15, 0.2) is 0 Å². The van der Waals surface area contributed by atoms with Gasteiger partial charge >= 0.3 is 29.6 Å². The molecule has 0 saturated carbocycles.